The predicted octanol–water partition coefficient (Wildman–Crippen LogP) is 2.75. The number of imidazole rings is 1. The number of nitrogens with zero attached hydrogens (tertiary/aromatic N) is 2. The normalized spacial score (nSPS) is 18.9. The van der Waals surface area contributed by atoms with E-state index in [0.717, 1.165) is 12.8 Å². The highest BCUT2D eigenvalue weighted by molar-refractivity contribution is 6.04. The molecule has 3 rings (SSSR count). The molecule has 1 amide bonds. The summed E-state index contributed by atoms with van der Waals surface area (Å²) in [6.45, 7) is 3.27. The van der Waals surface area contributed by atoms with Gasteiger partial charge in [-0.05, 0) is 37.8 Å². The van der Waals surface area contributed by atoms with Gasteiger partial charge in [0.1, 0.15) is 11.3 Å². The zero-order valence-electron chi connectivity index (χ0n) is 12.8. The summed E-state index contributed by atoms with van der Waals surface area (Å²) in [5.74, 6) is -0.307. The summed E-state index contributed by atoms with van der Waals surface area (Å²) in [5.41, 5.74) is 7.33. The Morgan fingerprint density at radius 1 is 1.48 bits per heavy atom. The lowest BCUT2D eigenvalue weighted by molar-refractivity contribution is 0.0662. The highest BCUT2D eigenvalue weighted by Crippen LogP contribution is 2.23. The van der Waals surface area contributed by atoms with Crippen molar-refractivity contribution < 1.29 is 9.18 Å². The lowest BCUT2D eigenvalue weighted by atomic mass is 9.92. The van der Waals surface area contributed by atoms with E-state index in [1.807, 2.05) is 6.92 Å². The van der Waals surface area contributed by atoms with Crippen molar-refractivity contribution in [2.75, 3.05) is 13.1 Å². The maximum Gasteiger partial charge on any atom is 0.256 e. The third kappa shape index (κ3) is 3.94. The molecule has 0 radical (unpaired) electrons. The van der Waals surface area contributed by atoms with E-state index >= 15 is 0 Å². The van der Waals surface area contributed by atoms with Gasteiger partial charge in [-0.25, -0.2) is 9.37 Å². The van der Waals surface area contributed by atoms with Crippen molar-refractivity contribution in [3.05, 3.63) is 29.8 Å². The Labute approximate surface area is 146 Å². The lowest BCUT2D eigenvalue weighted by Gasteiger charge is -2.34. The minimum Gasteiger partial charge on any atom is -0.344 e. The first-order valence-electron chi connectivity index (χ1n) is 7.23. The molecule has 2 unspecified atom stereocenters. The van der Waals surface area contributed by atoms with Crippen LogP contribution in [-0.2, 0) is 0 Å². The SMILES string of the molecule is CC(N)C1CCCN(C(=O)c2cc(F)cc3[nH]cnc23)C1.Cl.Cl. The van der Waals surface area contributed by atoms with Crippen LogP contribution >= 0.6 is 24.8 Å². The molecule has 1 fully saturated rings. The smallest absolute Gasteiger partial charge is 0.256 e. The maximum absolute atomic E-state index is 13.7. The summed E-state index contributed by atoms with van der Waals surface area (Å²) in [6, 6.07) is 2.67. The number of likely N-dealkylation sites (tertiary alicyclic amines) is 1. The number of piperidine rings is 1. The molecule has 0 aliphatic carbocycles. The van der Waals surface area contributed by atoms with Gasteiger partial charge < -0.3 is 15.6 Å². The third-order valence-electron chi connectivity index (χ3n) is 4.21. The van der Waals surface area contributed by atoms with Crippen molar-refractivity contribution in [2.45, 2.75) is 25.8 Å². The number of hydrogen-bond donors (Lipinski definition) is 2. The average Bonchev–Trinajstić information content (AvgIpc) is 2.93. The first kappa shape index (κ1) is 19.7. The molecule has 128 valence electrons. The molecule has 1 saturated heterocycles. The zero-order valence-corrected chi connectivity index (χ0v) is 14.4. The summed E-state index contributed by atoms with van der Waals surface area (Å²) in [7, 11) is 0. The van der Waals surface area contributed by atoms with E-state index < -0.39 is 5.82 Å². The van der Waals surface area contributed by atoms with E-state index in [1.165, 1.54) is 18.5 Å². The van der Waals surface area contributed by atoms with Crippen LogP contribution in [0.3, 0.4) is 0 Å². The molecule has 23 heavy (non-hydrogen) atoms. The van der Waals surface area contributed by atoms with E-state index in [0.29, 0.717) is 35.6 Å². The molecule has 0 saturated carbocycles. The van der Waals surface area contributed by atoms with Gasteiger partial charge in [-0.2, -0.15) is 0 Å². The largest absolute Gasteiger partial charge is 0.344 e. The quantitative estimate of drug-likeness (QED) is 0.862. The minimum absolute atomic E-state index is 0. The number of halogens is 3. The van der Waals surface area contributed by atoms with Crippen molar-refractivity contribution in [1.82, 2.24) is 14.9 Å². The van der Waals surface area contributed by atoms with E-state index in [2.05, 4.69) is 9.97 Å². The van der Waals surface area contributed by atoms with Crippen LogP contribution in [0.1, 0.15) is 30.1 Å². The number of fused-ring (bicyclic) bond motifs is 1. The Bertz CT molecular complexity index is 677. The molecule has 8 heteroatoms. The molecular weight excluding hydrogens is 342 g/mol. The van der Waals surface area contributed by atoms with Gasteiger partial charge in [-0.3, -0.25) is 4.79 Å². The fourth-order valence-corrected chi connectivity index (χ4v) is 2.97. The van der Waals surface area contributed by atoms with Crippen LogP contribution in [0, 0.1) is 11.7 Å². The molecular formula is C15H21Cl2FN4O. The number of carbonyl (C=O) groups is 1. The molecule has 0 bridgehead atoms. The number of aromatic amines is 1. The maximum atomic E-state index is 13.7. The Balaban J connectivity index is 0.00000132. The number of nitrogens with one attached hydrogen (secondary N) is 1. The van der Waals surface area contributed by atoms with Crippen molar-refractivity contribution in [3.63, 3.8) is 0 Å². The van der Waals surface area contributed by atoms with Crippen molar-refractivity contribution >= 4 is 41.8 Å². The van der Waals surface area contributed by atoms with Gasteiger partial charge in [0.15, 0.2) is 0 Å². The molecule has 1 aromatic heterocycles. The molecule has 0 spiro atoms. The van der Waals surface area contributed by atoms with Crippen molar-refractivity contribution in [1.29, 1.82) is 0 Å². The number of hydrogen-bond acceptors (Lipinski definition) is 3. The Morgan fingerprint density at radius 3 is 2.91 bits per heavy atom. The van der Waals surface area contributed by atoms with Gasteiger partial charge in [-0.15, -0.1) is 24.8 Å². The molecule has 1 aromatic carbocycles. The van der Waals surface area contributed by atoms with Crippen LogP contribution in [0.25, 0.3) is 11.0 Å². The van der Waals surface area contributed by atoms with E-state index in [1.54, 1.807) is 4.90 Å². The van der Waals surface area contributed by atoms with Crippen LogP contribution < -0.4 is 5.73 Å². The monoisotopic (exact) mass is 362 g/mol. The highest BCUT2D eigenvalue weighted by Gasteiger charge is 2.28. The number of carbonyl (C=O) groups excluding carboxylic acids is 1. The summed E-state index contributed by atoms with van der Waals surface area (Å²) >= 11 is 0. The number of nitrogens with two attached hydrogens (primary N) is 1. The van der Waals surface area contributed by atoms with E-state index in [9.17, 15) is 9.18 Å². The first-order valence-corrected chi connectivity index (χ1v) is 7.23. The van der Waals surface area contributed by atoms with E-state index in [-0.39, 0.29) is 36.8 Å². The number of rotatable bonds is 2. The fraction of sp³-hybridized carbons (Fsp3) is 0.467. The second kappa shape index (κ2) is 7.95. The summed E-state index contributed by atoms with van der Waals surface area (Å²) < 4.78 is 13.7. The van der Waals surface area contributed by atoms with Crippen LogP contribution in [0.5, 0.6) is 0 Å². The number of H-pyrrole nitrogens is 1. The third-order valence-corrected chi connectivity index (χ3v) is 4.21. The van der Waals surface area contributed by atoms with Crippen LogP contribution in [0.2, 0.25) is 0 Å². The second-order valence-electron chi connectivity index (χ2n) is 5.76. The first-order chi connectivity index (χ1) is 10.1. The molecule has 1 aliphatic heterocycles. The molecule has 1 aliphatic rings. The average molecular weight is 363 g/mol. The molecule has 2 heterocycles. The molecule has 3 N–H and O–H groups in total. The number of benzene rings is 1. The van der Waals surface area contributed by atoms with Crippen LogP contribution in [0.4, 0.5) is 4.39 Å². The minimum atomic E-state index is -0.434. The van der Waals surface area contributed by atoms with Crippen LogP contribution in [0.15, 0.2) is 18.5 Å². The Hall–Kier alpha value is -1.37. The van der Waals surface area contributed by atoms with Gasteiger partial charge in [0.05, 0.1) is 17.4 Å². The zero-order chi connectivity index (χ0) is 15.0. The summed E-state index contributed by atoms with van der Waals surface area (Å²) in [4.78, 5) is 21.4. The lowest BCUT2D eigenvalue weighted by Crippen LogP contribution is -2.45. The van der Waals surface area contributed by atoms with Crippen molar-refractivity contribution in [3.8, 4) is 0 Å². The summed E-state index contributed by atoms with van der Waals surface area (Å²) in [5, 5.41) is 0. The highest BCUT2D eigenvalue weighted by atomic mass is 35.5. The van der Waals surface area contributed by atoms with Gasteiger partial charge in [0, 0.05) is 19.1 Å². The van der Waals surface area contributed by atoms with Gasteiger partial charge in [0.2, 0.25) is 0 Å². The van der Waals surface area contributed by atoms with Crippen LogP contribution in [-0.4, -0.2) is 39.9 Å². The number of aromatic nitrogens is 2. The second-order valence-corrected chi connectivity index (χ2v) is 5.76. The fourth-order valence-electron chi connectivity index (χ4n) is 2.97. The molecule has 5 nitrogen and oxygen atoms in total. The topological polar surface area (TPSA) is 75.0 Å². The van der Waals surface area contributed by atoms with Gasteiger partial charge in [-0.1, -0.05) is 0 Å². The molecule has 2 atom stereocenters. The van der Waals surface area contributed by atoms with Gasteiger partial charge in [0.25, 0.3) is 5.91 Å². The predicted molar refractivity (Wildman–Crippen MR) is 92.8 cm³/mol. The Morgan fingerprint density at radius 2 is 2.22 bits per heavy atom. The summed E-state index contributed by atoms with van der Waals surface area (Å²) in [6.07, 6.45) is 3.43. The standard InChI is InChI=1S/C15H19FN4O.2ClH/c1-9(17)10-3-2-4-20(7-10)15(21)12-5-11(16)6-13-14(12)19-8-18-13;;/h5-6,8-10H,2-4,7,17H2,1H3,(H,18,19);2*1H. The van der Waals surface area contributed by atoms with Gasteiger partial charge >= 0.3 is 0 Å². The Kier molecular flexibility index (Phi) is 6.80. The van der Waals surface area contributed by atoms with Crippen molar-refractivity contribution in [2.24, 2.45) is 11.7 Å². The number of amides is 1. The molecule has 2 aromatic rings. The van der Waals surface area contributed by atoms with E-state index in [4.69, 9.17) is 5.73 Å².